The van der Waals surface area contributed by atoms with Gasteiger partial charge in [0.1, 0.15) is 0 Å². The van der Waals surface area contributed by atoms with Gasteiger partial charge in [-0.15, -0.1) is 11.8 Å². The van der Waals surface area contributed by atoms with Crippen molar-refractivity contribution >= 4 is 23.7 Å². The summed E-state index contributed by atoms with van der Waals surface area (Å²) in [6, 6.07) is 0. The molecule has 6 atom stereocenters. The van der Waals surface area contributed by atoms with E-state index in [2.05, 4.69) is 0 Å². The maximum absolute atomic E-state index is 11.8. The van der Waals surface area contributed by atoms with Crippen LogP contribution in [0.4, 0.5) is 0 Å². The Morgan fingerprint density at radius 2 is 2.41 bits per heavy atom. The Balaban J connectivity index is 1.70. The Kier molecular flexibility index (Phi) is 2.61. The van der Waals surface area contributed by atoms with E-state index in [-0.39, 0.29) is 46.5 Å². The first kappa shape index (κ1) is 11.4. The van der Waals surface area contributed by atoms with Gasteiger partial charge in [0.2, 0.25) is 0 Å². The fraction of sp³-hybridized carbons (Fsp3) is 0.833. The van der Waals surface area contributed by atoms with Crippen LogP contribution in [0.25, 0.3) is 0 Å². The molecule has 0 aliphatic carbocycles. The van der Waals surface area contributed by atoms with Crippen molar-refractivity contribution in [1.29, 1.82) is 0 Å². The molecule has 3 aliphatic rings. The first-order valence-electron chi connectivity index (χ1n) is 6.18. The third-order valence-corrected chi connectivity index (χ3v) is 5.77. The van der Waals surface area contributed by atoms with Crippen molar-refractivity contribution < 1.29 is 19.1 Å². The van der Waals surface area contributed by atoms with Crippen molar-refractivity contribution in [2.75, 3.05) is 0 Å². The van der Waals surface area contributed by atoms with Crippen molar-refractivity contribution in [2.45, 2.75) is 49.4 Å². The van der Waals surface area contributed by atoms with Crippen LogP contribution in [0.15, 0.2) is 0 Å². The SMILES string of the molecule is CCC(C)C(=O)OC1C2CC3C(=O)OC1C3S2. The highest BCUT2D eigenvalue weighted by Gasteiger charge is 2.64. The van der Waals surface area contributed by atoms with Gasteiger partial charge in [0.15, 0.2) is 12.2 Å². The topological polar surface area (TPSA) is 52.6 Å². The Bertz CT molecular complexity index is 370. The number of carbonyl (C=O) groups is 2. The van der Waals surface area contributed by atoms with Gasteiger partial charge < -0.3 is 9.47 Å². The average molecular weight is 256 g/mol. The maximum atomic E-state index is 11.8. The first-order chi connectivity index (χ1) is 8.11. The minimum Gasteiger partial charge on any atom is -0.457 e. The molecule has 3 saturated heterocycles. The van der Waals surface area contributed by atoms with E-state index in [1.54, 1.807) is 11.8 Å². The molecule has 94 valence electrons. The third-order valence-electron chi connectivity index (χ3n) is 4.05. The zero-order valence-electron chi connectivity index (χ0n) is 9.92. The molecule has 0 amide bonds. The summed E-state index contributed by atoms with van der Waals surface area (Å²) in [5.41, 5.74) is 0. The number of thioether (sulfide) groups is 1. The molecule has 3 aliphatic heterocycles. The summed E-state index contributed by atoms with van der Waals surface area (Å²) >= 11 is 1.76. The number of esters is 2. The van der Waals surface area contributed by atoms with Crippen molar-refractivity contribution in [3.63, 3.8) is 0 Å². The highest BCUT2D eigenvalue weighted by atomic mass is 32.2. The van der Waals surface area contributed by atoms with Gasteiger partial charge >= 0.3 is 11.9 Å². The van der Waals surface area contributed by atoms with Crippen LogP contribution in [0.3, 0.4) is 0 Å². The minimum atomic E-state index is -0.214. The van der Waals surface area contributed by atoms with Crippen LogP contribution < -0.4 is 0 Å². The van der Waals surface area contributed by atoms with Crippen LogP contribution in [0.1, 0.15) is 26.7 Å². The zero-order chi connectivity index (χ0) is 12.2. The van der Waals surface area contributed by atoms with E-state index in [0.29, 0.717) is 0 Å². The molecular formula is C12H16O4S. The average Bonchev–Trinajstić information content (AvgIpc) is 2.92. The molecule has 0 aromatic rings. The summed E-state index contributed by atoms with van der Waals surface area (Å²) in [5, 5.41) is 0.483. The maximum Gasteiger partial charge on any atom is 0.310 e. The monoisotopic (exact) mass is 256 g/mol. The Hall–Kier alpha value is -0.710. The summed E-state index contributed by atoms with van der Waals surface area (Å²) in [4.78, 5) is 23.3. The lowest BCUT2D eigenvalue weighted by atomic mass is 9.88. The molecule has 0 N–H and O–H groups in total. The predicted molar refractivity (Wildman–Crippen MR) is 62.5 cm³/mol. The summed E-state index contributed by atoms with van der Waals surface area (Å²) in [5.74, 6) is -0.289. The second-order valence-corrected chi connectivity index (χ2v) is 6.52. The van der Waals surface area contributed by atoms with E-state index in [1.807, 2.05) is 13.8 Å². The van der Waals surface area contributed by atoms with Gasteiger partial charge in [-0.05, 0) is 12.8 Å². The Morgan fingerprint density at radius 3 is 3.12 bits per heavy atom. The molecule has 0 aromatic carbocycles. The summed E-state index contributed by atoms with van der Waals surface area (Å²) < 4.78 is 10.9. The van der Waals surface area contributed by atoms with E-state index >= 15 is 0 Å². The number of carbonyl (C=O) groups excluding carboxylic acids is 2. The van der Waals surface area contributed by atoms with Crippen molar-refractivity contribution in [2.24, 2.45) is 11.8 Å². The Morgan fingerprint density at radius 1 is 1.65 bits per heavy atom. The number of ether oxygens (including phenoxy) is 2. The van der Waals surface area contributed by atoms with Gasteiger partial charge in [-0.1, -0.05) is 13.8 Å². The smallest absolute Gasteiger partial charge is 0.310 e. The van der Waals surface area contributed by atoms with Crippen LogP contribution in [-0.2, 0) is 19.1 Å². The molecule has 0 saturated carbocycles. The summed E-state index contributed by atoms with van der Waals surface area (Å²) in [6.07, 6.45) is 1.18. The minimum absolute atomic E-state index is 0.0496. The summed E-state index contributed by atoms with van der Waals surface area (Å²) in [7, 11) is 0. The predicted octanol–water partition coefficient (Wildman–Crippen LogP) is 1.37. The standard InChI is InChI=1S/C12H16O4S/c1-3-5(2)11(13)15-8-7-4-6-10(17-7)9(8)16-12(6)14/h5-10H,3-4H2,1-2H3. The van der Waals surface area contributed by atoms with Crippen LogP contribution in [-0.4, -0.2) is 34.6 Å². The van der Waals surface area contributed by atoms with E-state index < -0.39 is 0 Å². The molecule has 4 nitrogen and oxygen atoms in total. The number of fused-ring (bicyclic) bond motifs is 1. The molecule has 17 heavy (non-hydrogen) atoms. The zero-order valence-corrected chi connectivity index (χ0v) is 10.7. The number of hydrogen-bond donors (Lipinski definition) is 0. The molecule has 3 fully saturated rings. The first-order valence-corrected chi connectivity index (χ1v) is 7.12. The van der Waals surface area contributed by atoms with Gasteiger partial charge in [-0.2, -0.15) is 0 Å². The van der Waals surface area contributed by atoms with E-state index in [9.17, 15) is 9.59 Å². The van der Waals surface area contributed by atoms with Crippen LogP contribution >= 0.6 is 11.8 Å². The Labute approximate surface area is 104 Å². The normalized spacial score (nSPS) is 43.6. The van der Waals surface area contributed by atoms with Gasteiger partial charge in [0.05, 0.1) is 17.1 Å². The lowest BCUT2D eigenvalue weighted by Crippen LogP contribution is -2.40. The van der Waals surface area contributed by atoms with Gasteiger partial charge in [0, 0.05) is 5.25 Å². The van der Waals surface area contributed by atoms with E-state index in [1.165, 1.54) is 0 Å². The molecular weight excluding hydrogens is 240 g/mol. The molecule has 6 unspecified atom stereocenters. The molecule has 0 spiro atoms. The van der Waals surface area contributed by atoms with E-state index in [0.717, 1.165) is 12.8 Å². The molecule has 0 aromatic heterocycles. The molecule has 3 heterocycles. The van der Waals surface area contributed by atoms with Crippen molar-refractivity contribution in [3.05, 3.63) is 0 Å². The summed E-state index contributed by atoms with van der Waals surface area (Å²) in [6.45, 7) is 3.83. The molecule has 0 radical (unpaired) electrons. The largest absolute Gasteiger partial charge is 0.457 e. The molecule has 3 rings (SSSR count). The number of hydrogen-bond acceptors (Lipinski definition) is 5. The molecule has 5 heteroatoms. The van der Waals surface area contributed by atoms with E-state index in [4.69, 9.17) is 9.47 Å². The third kappa shape index (κ3) is 1.58. The highest BCUT2D eigenvalue weighted by Crippen LogP contribution is 2.55. The highest BCUT2D eigenvalue weighted by molar-refractivity contribution is 8.01. The van der Waals surface area contributed by atoms with Crippen molar-refractivity contribution in [1.82, 2.24) is 0 Å². The lowest BCUT2D eigenvalue weighted by molar-refractivity contribution is -0.162. The van der Waals surface area contributed by atoms with Gasteiger partial charge in [-0.3, -0.25) is 9.59 Å². The van der Waals surface area contributed by atoms with Gasteiger partial charge in [-0.25, -0.2) is 0 Å². The fourth-order valence-electron chi connectivity index (χ4n) is 2.80. The lowest BCUT2D eigenvalue weighted by Gasteiger charge is -2.25. The van der Waals surface area contributed by atoms with Crippen LogP contribution in [0.5, 0.6) is 0 Å². The van der Waals surface area contributed by atoms with Crippen LogP contribution in [0.2, 0.25) is 0 Å². The number of rotatable bonds is 3. The second kappa shape index (κ2) is 3.90. The van der Waals surface area contributed by atoms with Gasteiger partial charge in [0.25, 0.3) is 0 Å². The molecule has 2 bridgehead atoms. The van der Waals surface area contributed by atoms with Crippen molar-refractivity contribution in [3.8, 4) is 0 Å². The van der Waals surface area contributed by atoms with Crippen LogP contribution in [0, 0.1) is 11.8 Å². The quantitative estimate of drug-likeness (QED) is 0.714. The fourth-order valence-corrected chi connectivity index (χ4v) is 4.66. The second-order valence-electron chi connectivity index (χ2n) is 5.09.